The Morgan fingerprint density at radius 2 is 1.32 bits per heavy atom. The molecule has 0 aliphatic rings. The number of nitrogens with two attached hydrogens (primary N) is 1. The third-order valence-corrected chi connectivity index (χ3v) is 3.20. The molecule has 3 amide bonds. The van der Waals surface area contributed by atoms with Crippen LogP contribution >= 0.6 is 0 Å². The number of carbonyl (C=O) groups is 3. The van der Waals surface area contributed by atoms with Crippen LogP contribution in [0.2, 0.25) is 0 Å². The maximum Gasteiger partial charge on any atom is 0.408 e. The fraction of sp³-hybridized carbons (Fsp3) is 0.824. The van der Waals surface area contributed by atoms with Gasteiger partial charge in [-0.3, -0.25) is 15.0 Å². The quantitative estimate of drug-likeness (QED) is 0.297. The molecule has 0 radical (unpaired) electrons. The van der Waals surface area contributed by atoms with Crippen LogP contribution in [0.3, 0.4) is 0 Å². The van der Waals surface area contributed by atoms with Gasteiger partial charge in [0.1, 0.15) is 17.7 Å². The molecule has 0 heterocycles. The summed E-state index contributed by atoms with van der Waals surface area (Å²) in [6.45, 7) is 13.0. The van der Waals surface area contributed by atoms with Gasteiger partial charge in [0.2, 0.25) is 5.91 Å². The van der Waals surface area contributed by atoms with Gasteiger partial charge in [-0.2, -0.15) is 0 Å². The SMILES string of the molecule is CC(C)C[C@H](NC(=O)OC(C)(C)C)C(=O)N[C@@H](CC(C)C)C(=O)NN. The highest BCUT2D eigenvalue weighted by atomic mass is 16.6. The van der Waals surface area contributed by atoms with Crippen molar-refractivity contribution in [3.63, 3.8) is 0 Å². The first-order chi connectivity index (χ1) is 11.4. The third kappa shape index (κ3) is 10.6. The number of rotatable bonds is 8. The first kappa shape index (κ1) is 23.2. The molecule has 0 bridgehead atoms. The average Bonchev–Trinajstić information content (AvgIpc) is 2.41. The molecule has 0 spiro atoms. The Morgan fingerprint density at radius 1 is 0.880 bits per heavy atom. The van der Waals surface area contributed by atoms with Gasteiger partial charge >= 0.3 is 6.09 Å². The third-order valence-electron chi connectivity index (χ3n) is 3.20. The number of hydrogen-bond acceptors (Lipinski definition) is 5. The number of carbonyl (C=O) groups excluding carboxylic acids is 3. The number of ether oxygens (including phenoxy) is 1. The molecular weight excluding hydrogens is 324 g/mol. The van der Waals surface area contributed by atoms with E-state index in [1.54, 1.807) is 20.8 Å². The Hall–Kier alpha value is -1.83. The molecule has 0 aliphatic carbocycles. The standard InChI is InChI=1S/C17H34N4O4/c1-10(2)8-12(20-16(24)25-17(5,6)7)14(22)19-13(9-11(3)4)15(23)21-18/h10-13H,8-9,18H2,1-7H3,(H,19,22)(H,20,24)(H,21,23)/t12-,13-/m0/s1. The van der Waals surface area contributed by atoms with Crippen molar-refractivity contribution >= 4 is 17.9 Å². The molecule has 0 saturated heterocycles. The van der Waals surface area contributed by atoms with Crippen LogP contribution in [0.4, 0.5) is 4.79 Å². The van der Waals surface area contributed by atoms with Crippen molar-refractivity contribution in [3.05, 3.63) is 0 Å². The average molecular weight is 358 g/mol. The second-order valence-corrected chi connectivity index (χ2v) is 8.03. The van der Waals surface area contributed by atoms with Crippen molar-refractivity contribution in [2.45, 2.75) is 79.0 Å². The lowest BCUT2D eigenvalue weighted by Gasteiger charge is -2.26. The van der Waals surface area contributed by atoms with E-state index in [9.17, 15) is 14.4 Å². The zero-order valence-electron chi connectivity index (χ0n) is 16.4. The van der Waals surface area contributed by atoms with Crippen molar-refractivity contribution in [3.8, 4) is 0 Å². The molecule has 5 N–H and O–H groups in total. The summed E-state index contributed by atoms with van der Waals surface area (Å²) < 4.78 is 5.21. The zero-order chi connectivity index (χ0) is 19.8. The van der Waals surface area contributed by atoms with Gasteiger partial charge in [0.15, 0.2) is 0 Å². The van der Waals surface area contributed by atoms with Gasteiger partial charge in [0.05, 0.1) is 0 Å². The summed E-state index contributed by atoms with van der Waals surface area (Å²) in [6.07, 6.45) is 0.191. The fourth-order valence-electron chi connectivity index (χ4n) is 2.23. The highest BCUT2D eigenvalue weighted by molar-refractivity contribution is 5.91. The van der Waals surface area contributed by atoms with Gasteiger partial charge in [0, 0.05) is 0 Å². The van der Waals surface area contributed by atoms with Crippen molar-refractivity contribution in [2.24, 2.45) is 17.7 Å². The molecule has 0 aromatic rings. The Morgan fingerprint density at radius 3 is 1.68 bits per heavy atom. The predicted molar refractivity (Wildman–Crippen MR) is 96.3 cm³/mol. The zero-order valence-corrected chi connectivity index (χ0v) is 16.4. The smallest absolute Gasteiger partial charge is 0.408 e. The molecule has 0 rings (SSSR count). The topological polar surface area (TPSA) is 123 Å². The van der Waals surface area contributed by atoms with Crippen LogP contribution in [0.25, 0.3) is 0 Å². The van der Waals surface area contributed by atoms with E-state index in [0.29, 0.717) is 12.8 Å². The van der Waals surface area contributed by atoms with Crippen LogP contribution in [0, 0.1) is 11.8 Å². The van der Waals surface area contributed by atoms with Crippen LogP contribution in [0.15, 0.2) is 0 Å². The minimum atomic E-state index is -0.796. The summed E-state index contributed by atoms with van der Waals surface area (Å²) in [5.41, 5.74) is 1.40. The van der Waals surface area contributed by atoms with Gasteiger partial charge in [-0.25, -0.2) is 10.6 Å². The highest BCUT2D eigenvalue weighted by Crippen LogP contribution is 2.11. The van der Waals surface area contributed by atoms with Gasteiger partial charge < -0.3 is 15.4 Å². The Bertz CT molecular complexity index is 458. The summed E-state index contributed by atoms with van der Waals surface area (Å²) in [4.78, 5) is 36.5. The van der Waals surface area contributed by atoms with Crippen LogP contribution in [0.5, 0.6) is 0 Å². The molecule has 8 nitrogen and oxygen atoms in total. The maximum absolute atomic E-state index is 12.6. The molecule has 0 fully saturated rings. The summed E-state index contributed by atoms with van der Waals surface area (Å²) >= 11 is 0. The van der Waals surface area contributed by atoms with Crippen molar-refractivity contribution in [1.29, 1.82) is 0 Å². The monoisotopic (exact) mass is 358 g/mol. The summed E-state index contributed by atoms with van der Waals surface area (Å²) in [6, 6.07) is -1.55. The lowest BCUT2D eigenvalue weighted by Crippen LogP contribution is -2.55. The summed E-state index contributed by atoms with van der Waals surface area (Å²) in [5, 5.41) is 5.26. The number of alkyl carbamates (subject to hydrolysis) is 1. The summed E-state index contributed by atoms with van der Waals surface area (Å²) in [5.74, 6) is 4.63. The molecule has 2 atom stereocenters. The van der Waals surface area contributed by atoms with Crippen molar-refractivity contribution in [1.82, 2.24) is 16.1 Å². The second-order valence-electron chi connectivity index (χ2n) is 8.03. The molecule has 146 valence electrons. The van der Waals surface area contributed by atoms with Gasteiger partial charge in [-0.05, 0) is 45.4 Å². The molecule has 0 aromatic carbocycles. The Kier molecular flexibility index (Phi) is 9.48. The van der Waals surface area contributed by atoms with E-state index in [0.717, 1.165) is 0 Å². The van der Waals surface area contributed by atoms with Gasteiger partial charge in [0.25, 0.3) is 5.91 Å². The maximum atomic E-state index is 12.6. The van der Waals surface area contributed by atoms with Gasteiger partial charge in [-0.15, -0.1) is 0 Å². The van der Waals surface area contributed by atoms with Crippen molar-refractivity contribution in [2.75, 3.05) is 0 Å². The van der Waals surface area contributed by atoms with E-state index in [4.69, 9.17) is 10.6 Å². The van der Waals surface area contributed by atoms with Crippen LogP contribution in [0.1, 0.15) is 61.3 Å². The van der Waals surface area contributed by atoms with Crippen LogP contribution in [-0.4, -0.2) is 35.6 Å². The molecule has 8 heteroatoms. The second kappa shape index (κ2) is 10.2. The lowest BCUT2D eigenvalue weighted by molar-refractivity contribution is -0.130. The van der Waals surface area contributed by atoms with E-state index in [-0.39, 0.29) is 11.8 Å². The molecule has 0 unspecified atom stereocenters. The first-order valence-corrected chi connectivity index (χ1v) is 8.66. The number of nitrogens with one attached hydrogen (secondary N) is 3. The predicted octanol–water partition coefficient (Wildman–Crippen LogP) is 1.45. The van der Waals surface area contributed by atoms with Crippen LogP contribution < -0.4 is 21.9 Å². The van der Waals surface area contributed by atoms with E-state index in [1.807, 2.05) is 27.7 Å². The number of amides is 3. The molecule has 0 saturated carbocycles. The number of hydrogen-bond donors (Lipinski definition) is 4. The van der Waals surface area contributed by atoms with E-state index >= 15 is 0 Å². The Balaban J connectivity index is 5.07. The minimum absolute atomic E-state index is 0.164. The highest BCUT2D eigenvalue weighted by Gasteiger charge is 2.29. The largest absolute Gasteiger partial charge is 0.444 e. The first-order valence-electron chi connectivity index (χ1n) is 8.66. The molecule has 0 aromatic heterocycles. The van der Waals surface area contributed by atoms with Crippen LogP contribution in [-0.2, 0) is 14.3 Å². The summed E-state index contributed by atoms with van der Waals surface area (Å²) in [7, 11) is 0. The number of hydrazine groups is 1. The fourth-order valence-corrected chi connectivity index (χ4v) is 2.23. The molecular formula is C17H34N4O4. The molecule has 25 heavy (non-hydrogen) atoms. The Labute approximate surface area is 150 Å². The lowest BCUT2D eigenvalue weighted by atomic mass is 10.0. The minimum Gasteiger partial charge on any atom is -0.444 e. The van der Waals surface area contributed by atoms with E-state index < -0.39 is 35.6 Å². The van der Waals surface area contributed by atoms with Crippen molar-refractivity contribution < 1.29 is 19.1 Å². The van der Waals surface area contributed by atoms with E-state index in [2.05, 4.69) is 16.1 Å². The molecule has 0 aliphatic heterocycles. The van der Waals surface area contributed by atoms with E-state index in [1.165, 1.54) is 0 Å². The van der Waals surface area contributed by atoms with Gasteiger partial charge in [-0.1, -0.05) is 27.7 Å². The normalized spacial score (nSPS) is 14.0.